The SMILES string of the molecule is CN1CCC(Nc2ccc(C(=O)C[C@@H]3[C@H]4Oc5ccc(Oc6ccnc7c6CCC(=O)N7)cc5[C@@H]34)cc2C(F)(F)F)CC1. The number of nitrogens with one attached hydrogen (secondary N) is 2. The molecular formula is C32H31F3N4O4. The van der Waals surface area contributed by atoms with Crippen molar-refractivity contribution in [3.05, 3.63) is 70.9 Å². The van der Waals surface area contributed by atoms with E-state index in [-0.39, 0.29) is 53.3 Å². The molecule has 3 aliphatic heterocycles. The van der Waals surface area contributed by atoms with Crippen LogP contribution in [-0.2, 0) is 17.4 Å². The number of hydrogen-bond acceptors (Lipinski definition) is 7. The van der Waals surface area contributed by atoms with Gasteiger partial charge in [0, 0.05) is 59.3 Å². The van der Waals surface area contributed by atoms with Crippen LogP contribution < -0.4 is 20.1 Å². The number of amides is 1. The van der Waals surface area contributed by atoms with Crippen molar-refractivity contribution >= 4 is 23.2 Å². The van der Waals surface area contributed by atoms with E-state index in [2.05, 4.69) is 20.5 Å². The first kappa shape index (κ1) is 27.7. The summed E-state index contributed by atoms with van der Waals surface area (Å²) < 4.78 is 54.3. The molecule has 4 heterocycles. The van der Waals surface area contributed by atoms with Crippen LogP contribution >= 0.6 is 0 Å². The molecule has 1 saturated carbocycles. The summed E-state index contributed by atoms with van der Waals surface area (Å²) in [7, 11) is 2.00. The number of ether oxygens (including phenoxy) is 2. The van der Waals surface area contributed by atoms with Crippen molar-refractivity contribution in [2.24, 2.45) is 5.92 Å². The maximum absolute atomic E-state index is 14.0. The summed E-state index contributed by atoms with van der Waals surface area (Å²) in [6, 6.07) is 11.1. The van der Waals surface area contributed by atoms with E-state index in [4.69, 9.17) is 9.47 Å². The lowest BCUT2D eigenvalue weighted by Crippen LogP contribution is -2.37. The Labute approximate surface area is 246 Å². The molecule has 3 atom stereocenters. The largest absolute Gasteiger partial charge is 0.489 e. The molecule has 8 nitrogen and oxygen atoms in total. The minimum Gasteiger partial charge on any atom is -0.489 e. The van der Waals surface area contributed by atoms with Gasteiger partial charge < -0.3 is 25.0 Å². The molecule has 2 N–H and O–H groups in total. The number of aromatic nitrogens is 1. The van der Waals surface area contributed by atoms with E-state index in [0.717, 1.165) is 48.9 Å². The third-order valence-electron chi connectivity index (χ3n) is 8.95. The maximum Gasteiger partial charge on any atom is 0.418 e. The zero-order valence-electron chi connectivity index (χ0n) is 23.5. The molecule has 11 heteroatoms. The Bertz CT molecular complexity index is 1600. The highest BCUT2D eigenvalue weighted by atomic mass is 19.4. The van der Waals surface area contributed by atoms with Gasteiger partial charge in [-0.25, -0.2) is 4.98 Å². The third-order valence-corrected chi connectivity index (χ3v) is 8.95. The second-order valence-corrected chi connectivity index (χ2v) is 11.9. The second-order valence-electron chi connectivity index (χ2n) is 11.9. The van der Waals surface area contributed by atoms with Gasteiger partial charge in [0.15, 0.2) is 5.78 Å². The number of piperidine rings is 1. The van der Waals surface area contributed by atoms with Crippen LogP contribution in [0, 0.1) is 5.92 Å². The summed E-state index contributed by atoms with van der Waals surface area (Å²) >= 11 is 0. The van der Waals surface area contributed by atoms with Crippen molar-refractivity contribution < 1.29 is 32.2 Å². The highest BCUT2D eigenvalue weighted by Gasteiger charge is 2.59. The van der Waals surface area contributed by atoms with E-state index in [1.165, 1.54) is 12.1 Å². The lowest BCUT2D eigenvalue weighted by molar-refractivity contribution is -0.137. The van der Waals surface area contributed by atoms with Crippen LogP contribution in [0.3, 0.4) is 0 Å². The summed E-state index contributed by atoms with van der Waals surface area (Å²) in [6.45, 7) is 1.65. The Morgan fingerprint density at radius 1 is 1.14 bits per heavy atom. The lowest BCUT2D eigenvalue weighted by Gasteiger charge is -2.31. The van der Waals surface area contributed by atoms with E-state index in [1.54, 1.807) is 18.3 Å². The van der Waals surface area contributed by atoms with Crippen LogP contribution in [0.1, 0.15) is 58.6 Å². The monoisotopic (exact) mass is 592 g/mol. The first-order valence-corrected chi connectivity index (χ1v) is 14.6. The number of anilines is 2. The van der Waals surface area contributed by atoms with Crippen molar-refractivity contribution in [1.82, 2.24) is 9.88 Å². The number of fused-ring (bicyclic) bond motifs is 4. The molecule has 0 spiro atoms. The van der Waals surface area contributed by atoms with Crippen LogP contribution in [0.2, 0.25) is 0 Å². The molecule has 1 saturated heterocycles. The van der Waals surface area contributed by atoms with E-state index in [1.807, 2.05) is 19.2 Å². The van der Waals surface area contributed by atoms with Crippen molar-refractivity contribution in [1.29, 1.82) is 0 Å². The average molecular weight is 593 g/mol. The molecule has 1 amide bonds. The minimum atomic E-state index is -4.59. The quantitative estimate of drug-likeness (QED) is 0.324. The number of benzene rings is 2. The number of likely N-dealkylation sites (tertiary alicyclic amines) is 1. The molecule has 2 fully saturated rings. The Morgan fingerprint density at radius 3 is 2.74 bits per heavy atom. The van der Waals surface area contributed by atoms with E-state index in [9.17, 15) is 22.8 Å². The van der Waals surface area contributed by atoms with Gasteiger partial charge in [-0.1, -0.05) is 0 Å². The molecule has 43 heavy (non-hydrogen) atoms. The molecule has 4 aliphatic rings. The molecule has 1 aromatic heterocycles. The molecule has 224 valence electrons. The first-order valence-electron chi connectivity index (χ1n) is 14.6. The smallest absolute Gasteiger partial charge is 0.418 e. The van der Waals surface area contributed by atoms with Crippen LogP contribution in [0.5, 0.6) is 17.2 Å². The average Bonchev–Trinajstić information content (AvgIpc) is 3.49. The predicted molar refractivity (Wildman–Crippen MR) is 153 cm³/mol. The van der Waals surface area contributed by atoms with E-state index >= 15 is 0 Å². The highest BCUT2D eigenvalue weighted by Crippen LogP contribution is 2.60. The number of nitrogens with zero attached hydrogens (tertiary/aromatic N) is 2. The fourth-order valence-electron chi connectivity index (χ4n) is 6.52. The third kappa shape index (κ3) is 5.42. The molecule has 0 bridgehead atoms. The normalized spacial score (nSPS) is 23.0. The highest BCUT2D eigenvalue weighted by molar-refractivity contribution is 5.97. The van der Waals surface area contributed by atoms with Gasteiger partial charge in [0.05, 0.1) is 5.56 Å². The maximum atomic E-state index is 14.0. The molecule has 2 aromatic carbocycles. The summed E-state index contributed by atoms with van der Waals surface area (Å²) in [5.41, 5.74) is 1.01. The summed E-state index contributed by atoms with van der Waals surface area (Å²) in [5, 5.41) is 5.83. The molecule has 7 rings (SSSR count). The Kier molecular flexibility index (Phi) is 6.80. The molecule has 3 aromatic rings. The number of pyridine rings is 1. The Balaban J connectivity index is 1.04. The predicted octanol–water partition coefficient (Wildman–Crippen LogP) is 6.03. The van der Waals surface area contributed by atoms with Gasteiger partial charge in [-0.05, 0) is 81.9 Å². The number of hydrogen-bond donors (Lipinski definition) is 2. The molecule has 0 unspecified atom stereocenters. The Hall–Kier alpha value is -4.12. The summed E-state index contributed by atoms with van der Waals surface area (Å²) in [4.78, 5) is 31.3. The van der Waals surface area contributed by atoms with Gasteiger partial charge in [-0.2, -0.15) is 13.2 Å². The fourth-order valence-corrected chi connectivity index (χ4v) is 6.52. The number of alkyl halides is 3. The van der Waals surface area contributed by atoms with Crippen LogP contribution in [0.4, 0.5) is 24.7 Å². The zero-order chi connectivity index (χ0) is 29.9. The van der Waals surface area contributed by atoms with Crippen molar-refractivity contribution in [3.63, 3.8) is 0 Å². The minimum absolute atomic E-state index is 0.0181. The molecule has 0 radical (unpaired) electrons. The second kappa shape index (κ2) is 10.6. The summed E-state index contributed by atoms with van der Waals surface area (Å²) in [6.07, 6.45) is -0.699. The fraction of sp³-hybridized carbons (Fsp3) is 0.406. The van der Waals surface area contributed by atoms with Crippen molar-refractivity contribution in [2.45, 2.75) is 56.3 Å². The van der Waals surface area contributed by atoms with Gasteiger partial charge in [-0.15, -0.1) is 0 Å². The number of Topliss-reactive ketones (excluding diaryl/α,β-unsaturated/α-hetero) is 1. The van der Waals surface area contributed by atoms with Crippen molar-refractivity contribution in [3.8, 4) is 17.2 Å². The Morgan fingerprint density at radius 2 is 1.95 bits per heavy atom. The number of carbonyl (C=O) groups excluding carboxylic acids is 2. The lowest BCUT2D eigenvalue weighted by atomic mass is 9.98. The van der Waals surface area contributed by atoms with Crippen LogP contribution in [0.15, 0.2) is 48.7 Å². The first-order chi connectivity index (χ1) is 20.6. The topological polar surface area (TPSA) is 92.8 Å². The number of rotatable bonds is 7. The van der Waals surface area contributed by atoms with E-state index < -0.39 is 11.7 Å². The number of carbonyl (C=O) groups is 2. The van der Waals surface area contributed by atoms with Gasteiger partial charge >= 0.3 is 6.18 Å². The van der Waals surface area contributed by atoms with Gasteiger partial charge in [0.25, 0.3) is 0 Å². The van der Waals surface area contributed by atoms with Gasteiger partial charge in [-0.3, -0.25) is 9.59 Å². The molecular weight excluding hydrogens is 561 g/mol. The summed E-state index contributed by atoms with van der Waals surface area (Å²) in [5.74, 6) is 1.86. The van der Waals surface area contributed by atoms with Crippen molar-refractivity contribution in [2.75, 3.05) is 30.8 Å². The zero-order valence-corrected chi connectivity index (χ0v) is 23.5. The standard InChI is InChI=1S/C32H31F3N4O4/c1-39-12-9-18(10-13-39)37-24-5-2-17(14-23(24)32(33,34)35)25(40)16-22-29-21-15-19(3-6-26(21)43-30(22)29)42-27-8-11-36-31-20(27)4-7-28(41)38-31/h2-3,5-6,8,11,14-15,18,22,29-30,37H,4,7,9-10,12-13,16H2,1H3,(H,36,38,41)/t22-,29-,30+/m0/s1. The van der Waals surface area contributed by atoms with E-state index in [0.29, 0.717) is 30.2 Å². The van der Waals surface area contributed by atoms with Gasteiger partial charge in [0.1, 0.15) is 29.2 Å². The van der Waals surface area contributed by atoms with Crippen LogP contribution in [0.25, 0.3) is 0 Å². The number of ketones is 1. The van der Waals surface area contributed by atoms with Crippen LogP contribution in [-0.4, -0.2) is 53.9 Å². The molecule has 1 aliphatic carbocycles. The van der Waals surface area contributed by atoms with Gasteiger partial charge in [0.2, 0.25) is 5.91 Å². The number of halogens is 3.